The van der Waals surface area contributed by atoms with Crippen LogP contribution in [0.4, 0.5) is 13.2 Å². The van der Waals surface area contributed by atoms with Gasteiger partial charge < -0.3 is 4.74 Å². The number of nitrogens with zero attached hydrogens (tertiary/aromatic N) is 3. The molecule has 18 heteroatoms. The van der Waals surface area contributed by atoms with E-state index in [1.807, 2.05) is 0 Å². The fourth-order valence-corrected chi connectivity index (χ4v) is 7.16. The summed E-state index contributed by atoms with van der Waals surface area (Å²) in [4.78, 5) is 13.3. The molecular formula is C12H20F3N3O9S3. The van der Waals surface area contributed by atoms with Crippen LogP contribution in [0.25, 0.3) is 0 Å². The van der Waals surface area contributed by atoms with Gasteiger partial charge in [0.1, 0.15) is 6.04 Å². The summed E-state index contributed by atoms with van der Waals surface area (Å²) in [5.41, 5.74) is -6.05. The maximum atomic E-state index is 12.3. The number of rotatable bonds is 8. The van der Waals surface area contributed by atoms with E-state index in [-0.39, 0.29) is 38.8 Å². The Morgan fingerprint density at radius 3 is 2.07 bits per heavy atom. The summed E-state index contributed by atoms with van der Waals surface area (Å²) < 4.78 is 111. The van der Waals surface area contributed by atoms with Crippen molar-refractivity contribution < 1.29 is 53.2 Å². The molecule has 1 unspecified atom stereocenters. The average Bonchev–Trinajstić information content (AvgIpc) is 3.05. The highest BCUT2D eigenvalue weighted by Crippen LogP contribution is 2.27. The molecule has 1 atom stereocenters. The number of sulfonamides is 3. The highest BCUT2D eigenvalue weighted by atomic mass is 32.3. The highest BCUT2D eigenvalue weighted by Gasteiger charge is 2.54. The molecular weight excluding hydrogens is 483 g/mol. The number of carbonyl (C=O) groups excluding carboxylic acids is 1. The summed E-state index contributed by atoms with van der Waals surface area (Å²) >= 11 is 0. The molecule has 2 aliphatic rings. The van der Waals surface area contributed by atoms with E-state index in [0.717, 1.165) is 4.31 Å². The molecule has 0 aromatic heterocycles. The van der Waals surface area contributed by atoms with Gasteiger partial charge in [0.25, 0.3) is 0 Å². The molecule has 0 radical (unpaired) electrons. The smallest absolute Gasteiger partial charge is 0.464 e. The van der Waals surface area contributed by atoms with Crippen LogP contribution in [-0.2, 0) is 39.6 Å². The number of esters is 1. The Morgan fingerprint density at radius 2 is 1.60 bits per heavy atom. The van der Waals surface area contributed by atoms with Crippen molar-refractivity contribution in [2.24, 2.45) is 0 Å². The van der Waals surface area contributed by atoms with Crippen LogP contribution in [0.15, 0.2) is 0 Å². The first kappa shape index (κ1) is 25.2. The largest absolute Gasteiger partial charge is 0.514 e. The van der Waals surface area contributed by atoms with Crippen LogP contribution in [0.2, 0.25) is 0 Å². The molecule has 0 aromatic rings. The second-order valence-corrected chi connectivity index (χ2v) is 12.5. The quantitative estimate of drug-likeness (QED) is 0.305. The van der Waals surface area contributed by atoms with Gasteiger partial charge in [0.15, 0.2) is 0 Å². The van der Waals surface area contributed by atoms with Gasteiger partial charge in [-0.05, 0) is 6.42 Å². The van der Waals surface area contributed by atoms with Crippen LogP contribution in [0, 0.1) is 0 Å². The summed E-state index contributed by atoms with van der Waals surface area (Å²) in [5, 5.41) is 9.01. The molecule has 2 aliphatic heterocycles. The van der Waals surface area contributed by atoms with Gasteiger partial charge in [0.2, 0.25) is 20.0 Å². The van der Waals surface area contributed by atoms with Gasteiger partial charge in [-0.2, -0.15) is 25.9 Å². The topological polar surface area (TPSA) is 159 Å². The van der Waals surface area contributed by atoms with Crippen molar-refractivity contribution in [3.8, 4) is 0 Å². The van der Waals surface area contributed by atoms with E-state index in [1.54, 1.807) is 4.90 Å². The number of carbonyl (C=O) groups is 1. The summed E-state index contributed by atoms with van der Waals surface area (Å²) in [6.07, 6.45) is -0.258. The van der Waals surface area contributed by atoms with Gasteiger partial charge in [-0.15, -0.1) is 0 Å². The number of ether oxygens (including phenoxy) is 1. The monoisotopic (exact) mass is 503 g/mol. The third kappa shape index (κ3) is 5.40. The Labute approximate surface area is 171 Å². The molecule has 0 saturated carbocycles. The Balaban J connectivity index is 1.90. The van der Waals surface area contributed by atoms with E-state index in [0.29, 0.717) is 6.42 Å². The summed E-state index contributed by atoms with van der Waals surface area (Å²) in [6.45, 7) is 0.750. The molecule has 0 aliphatic carbocycles. The van der Waals surface area contributed by atoms with E-state index in [9.17, 15) is 43.2 Å². The Hall–Kier alpha value is -1.05. The number of hydrogen-bond acceptors (Lipinski definition) is 10. The predicted molar refractivity (Wildman–Crippen MR) is 93.3 cm³/mol. The van der Waals surface area contributed by atoms with Crippen LogP contribution in [0.3, 0.4) is 0 Å². The first-order valence-corrected chi connectivity index (χ1v) is 13.2. The fourth-order valence-electron chi connectivity index (χ4n) is 2.98. The Bertz CT molecular complexity index is 958. The second-order valence-electron chi connectivity index (χ2n) is 6.52. The van der Waals surface area contributed by atoms with E-state index in [1.165, 1.54) is 0 Å². The molecule has 176 valence electrons. The molecule has 0 amide bonds. The van der Waals surface area contributed by atoms with Crippen LogP contribution < -0.4 is 0 Å². The standard InChI is InChI=1S/C12H20F3N3O9S3/c13-12(14,15)30(25,26)18(20)29(23,24)9-1-8-28(21,22)17-5-3-16(4-6-17)10-2-7-27-11(10)19/h10,20H,1-9H2. The normalized spacial score (nSPS) is 23.1. The lowest BCUT2D eigenvalue weighted by molar-refractivity contribution is -0.142. The van der Waals surface area contributed by atoms with Crippen molar-refractivity contribution in [3.63, 3.8) is 0 Å². The van der Waals surface area contributed by atoms with Gasteiger partial charge >= 0.3 is 21.5 Å². The minimum atomic E-state index is -6.54. The molecule has 2 saturated heterocycles. The lowest BCUT2D eigenvalue weighted by atomic mass is 10.2. The predicted octanol–water partition coefficient (Wildman–Crippen LogP) is -1.49. The lowest BCUT2D eigenvalue weighted by Crippen LogP contribution is -2.53. The Morgan fingerprint density at radius 1 is 1.03 bits per heavy atom. The van der Waals surface area contributed by atoms with Crippen LogP contribution in [0.1, 0.15) is 12.8 Å². The number of hydrogen-bond donors (Lipinski definition) is 1. The fraction of sp³-hybridized carbons (Fsp3) is 0.917. The van der Waals surface area contributed by atoms with Gasteiger partial charge in [-0.25, -0.2) is 16.8 Å². The molecule has 12 nitrogen and oxygen atoms in total. The molecule has 1 N–H and O–H groups in total. The number of cyclic esters (lactones) is 1. The first-order valence-electron chi connectivity index (χ1n) is 8.51. The lowest BCUT2D eigenvalue weighted by Gasteiger charge is -2.35. The van der Waals surface area contributed by atoms with Gasteiger partial charge in [-0.3, -0.25) is 14.9 Å². The van der Waals surface area contributed by atoms with Crippen molar-refractivity contribution in [1.29, 1.82) is 0 Å². The van der Waals surface area contributed by atoms with E-state index in [2.05, 4.69) is 0 Å². The second kappa shape index (κ2) is 8.83. The molecule has 0 spiro atoms. The summed E-state index contributed by atoms with van der Waals surface area (Å²) in [6, 6.07) is -0.453. The van der Waals surface area contributed by atoms with Crippen molar-refractivity contribution in [1.82, 2.24) is 13.1 Å². The van der Waals surface area contributed by atoms with Crippen molar-refractivity contribution in [3.05, 3.63) is 0 Å². The van der Waals surface area contributed by atoms with Crippen LogP contribution >= 0.6 is 0 Å². The number of alkyl halides is 3. The Kier molecular flexibility index (Phi) is 7.42. The molecule has 0 aromatic carbocycles. The van der Waals surface area contributed by atoms with Gasteiger partial charge in [0.05, 0.1) is 18.1 Å². The highest BCUT2D eigenvalue weighted by molar-refractivity contribution is 8.04. The zero-order chi connectivity index (χ0) is 23.0. The molecule has 2 heterocycles. The molecule has 2 rings (SSSR count). The molecule has 30 heavy (non-hydrogen) atoms. The van der Waals surface area contributed by atoms with Crippen molar-refractivity contribution in [2.75, 3.05) is 44.3 Å². The van der Waals surface area contributed by atoms with Gasteiger partial charge in [-0.1, -0.05) is 0 Å². The van der Waals surface area contributed by atoms with E-state index < -0.39 is 63.4 Å². The van der Waals surface area contributed by atoms with Crippen LogP contribution in [0.5, 0.6) is 0 Å². The van der Waals surface area contributed by atoms with Gasteiger partial charge in [0, 0.05) is 36.5 Å². The SMILES string of the molecule is O=C1OCCC1N1CCN(S(=O)(=O)CCCS(=O)(=O)N(O)S(=O)(=O)C(F)(F)F)CC1. The van der Waals surface area contributed by atoms with Crippen molar-refractivity contribution >= 4 is 36.0 Å². The minimum absolute atomic E-state index is 0.00738. The van der Waals surface area contributed by atoms with E-state index in [4.69, 9.17) is 9.94 Å². The first-order chi connectivity index (χ1) is 13.6. The zero-order valence-electron chi connectivity index (χ0n) is 15.4. The third-order valence-corrected chi connectivity index (χ3v) is 10.1. The number of halogens is 3. The maximum Gasteiger partial charge on any atom is 0.514 e. The summed E-state index contributed by atoms with van der Waals surface area (Å²) in [5.74, 6) is -2.53. The average molecular weight is 503 g/mol. The van der Waals surface area contributed by atoms with Crippen molar-refractivity contribution in [2.45, 2.75) is 24.4 Å². The number of piperazine rings is 1. The molecule has 2 fully saturated rings. The molecule has 0 bridgehead atoms. The maximum absolute atomic E-state index is 12.3. The zero-order valence-corrected chi connectivity index (χ0v) is 17.8. The van der Waals surface area contributed by atoms with E-state index >= 15 is 0 Å². The summed E-state index contributed by atoms with van der Waals surface area (Å²) in [7, 11) is -15.9. The minimum Gasteiger partial charge on any atom is -0.464 e. The third-order valence-electron chi connectivity index (χ3n) is 4.56. The van der Waals surface area contributed by atoms with Crippen LogP contribution in [-0.4, -0.2) is 105 Å².